The Hall–Kier alpha value is -5.01. The summed E-state index contributed by atoms with van der Waals surface area (Å²) in [6.45, 7) is 0. The molecule has 3 aromatic carbocycles. The van der Waals surface area contributed by atoms with Crippen LogP contribution in [-0.2, 0) is 38.4 Å². The lowest BCUT2D eigenvalue weighted by molar-refractivity contribution is -0.142. The summed E-state index contributed by atoms with van der Waals surface area (Å²) < 4.78 is 0. The molecule has 4 atom stereocenters. The van der Waals surface area contributed by atoms with E-state index in [1.807, 2.05) is 30.5 Å². The van der Waals surface area contributed by atoms with Crippen LogP contribution in [0.1, 0.15) is 23.1 Å². The van der Waals surface area contributed by atoms with Crippen molar-refractivity contribution in [2.45, 2.75) is 49.9 Å². The van der Waals surface area contributed by atoms with Gasteiger partial charge in [-0.15, -0.1) is 0 Å². The highest BCUT2D eigenvalue weighted by Crippen LogP contribution is 2.20. The Morgan fingerprint density at radius 3 is 1.87 bits per heavy atom. The average molecular weight is 662 g/mol. The van der Waals surface area contributed by atoms with Crippen LogP contribution in [0.15, 0.2) is 79.0 Å². The summed E-state index contributed by atoms with van der Waals surface area (Å²) >= 11 is 1.44. The topological polar surface area (TPSA) is 207 Å². The standard InChI is InChI=1S/C34H39N5O7S/c1-47-15-14-28(34(45)46)37-32(43)29(17-21-8-12-24(41)13-9-21)39-33(44)30(18-22-19-36-27-5-3-2-4-25(22)27)38-31(42)26(35)16-20-6-10-23(40)11-7-20/h2-13,19,26,28-30,36,40-41H,14-18,35H2,1H3,(H,37,43)(H,38,42)(H,39,44)(H,45,46). The molecule has 12 nitrogen and oxygen atoms in total. The summed E-state index contributed by atoms with van der Waals surface area (Å²) in [5.41, 5.74) is 9.13. The van der Waals surface area contributed by atoms with Gasteiger partial charge in [0.05, 0.1) is 6.04 Å². The maximum Gasteiger partial charge on any atom is 0.326 e. The fourth-order valence-electron chi connectivity index (χ4n) is 5.10. The van der Waals surface area contributed by atoms with E-state index in [0.29, 0.717) is 16.9 Å². The number of carboxylic acid groups (broad SMARTS) is 1. The molecule has 4 aromatic rings. The normalized spacial score (nSPS) is 13.7. The summed E-state index contributed by atoms with van der Waals surface area (Å²) in [4.78, 5) is 55.9. The number of aromatic amines is 1. The third-order valence-electron chi connectivity index (χ3n) is 7.70. The number of aromatic nitrogens is 1. The van der Waals surface area contributed by atoms with E-state index in [-0.39, 0.29) is 37.2 Å². The van der Waals surface area contributed by atoms with Crippen molar-refractivity contribution in [1.82, 2.24) is 20.9 Å². The van der Waals surface area contributed by atoms with Crippen LogP contribution in [0.5, 0.6) is 11.5 Å². The zero-order valence-electron chi connectivity index (χ0n) is 25.8. The molecule has 0 fully saturated rings. The molecular weight excluding hydrogens is 622 g/mol. The van der Waals surface area contributed by atoms with E-state index >= 15 is 0 Å². The largest absolute Gasteiger partial charge is 0.508 e. The Morgan fingerprint density at radius 1 is 0.745 bits per heavy atom. The fraction of sp³-hybridized carbons (Fsp3) is 0.294. The number of benzene rings is 3. The van der Waals surface area contributed by atoms with Crippen molar-refractivity contribution in [2.24, 2.45) is 5.73 Å². The fourth-order valence-corrected chi connectivity index (χ4v) is 5.57. The lowest BCUT2D eigenvalue weighted by atomic mass is 10.0. The van der Waals surface area contributed by atoms with Gasteiger partial charge >= 0.3 is 5.97 Å². The van der Waals surface area contributed by atoms with Crippen molar-refractivity contribution in [2.75, 3.05) is 12.0 Å². The number of aliphatic carboxylic acids is 1. The zero-order valence-corrected chi connectivity index (χ0v) is 26.6. The van der Waals surface area contributed by atoms with Gasteiger partial charge in [0.25, 0.3) is 0 Å². The summed E-state index contributed by atoms with van der Waals surface area (Å²) in [6, 6.07) is 15.3. The molecule has 9 N–H and O–H groups in total. The minimum absolute atomic E-state index is 0.0131. The summed E-state index contributed by atoms with van der Waals surface area (Å²) in [5, 5.41) is 37.9. The average Bonchev–Trinajstić information content (AvgIpc) is 3.46. The molecule has 4 rings (SSSR count). The van der Waals surface area contributed by atoms with Crippen LogP contribution < -0.4 is 21.7 Å². The molecular formula is C34H39N5O7S. The summed E-state index contributed by atoms with van der Waals surface area (Å²) in [7, 11) is 0. The maximum absolute atomic E-state index is 14.0. The van der Waals surface area contributed by atoms with Crippen molar-refractivity contribution in [3.63, 3.8) is 0 Å². The monoisotopic (exact) mass is 661 g/mol. The number of hydrogen-bond donors (Lipinski definition) is 8. The molecule has 1 heterocycles. The third kappa shape index (κ3) is 9.99. The van der Waals surface area contributed by atoms with E-state index < -0.39 is 47.9 Å². The lowest BCUT2D eigenvalue weighted by Gasteiger charge is -2.25. The van der Waals surface area contributed by atoms with Crippen molar-refractivity contribution in [1.29, 1.82) is 0 Å². The van der Waals surface area contributed by atoms with E-state index in [0.717, 1.165) is 16.5 Å². The molecule has 0 saturated heterocycles. The summed E-state index contributed by atoms with van der Waals surface area (Å²) in [6.07, 6.45) is 3.95. The number of aromatic hydroxyl groups is 2. The van der Waals surface area contributed by atoms with Crippen LogP contribution in [0, 0.1) is 0 Å². The highest BCUT2D eigenvalue weighted by molar-refractivity contribution is 7.98. The van der Waals surface area contributed by atoms with Crippen LogP contribution in [-0.4, -0.2) is 80.2 Å². The molecule has 0 radical (unpaired) electrons. The van der Waals surface area contributed by atoms with Gasteiger partial charge in [-0.25, -0.2) is 4.79 Å². The number of phenols is 2. The van der Waals surface area contributed by atoms with E-state index in [1.165, 1.54) is 36.0 Å². The quantitative estimate of drug-likeness (QED) is 0.0885. The molecule has 13 heteroatoms. The molecule has 248 valence electrons. The second-order valence-electron chi connectivity index (χ2n) is 11.2. The van der Waals surface area contributed by atoms with Crippen molar-refractivity contribution < 1.29 is 34.5 Å². The number of hydrogen-bond acceptors (Lipinski definition) is 8. The first-order valence-corrected chi connectivity index (χ1v) is 16.4. The molecule has 0 spiro atoms. The van der Waals surface area contributed by atoms with Gasteiger partial charge in [0, 0.05) is 29.9 Å². The highest BCUT2D eigenvalue weighted by Gasteiger charge is 2.31. The highest BCUT2D eigenvalue weighted by atomic mass is 32.2. The van der Waals surface area contributed by atoms with E-state index in [9.17, 15) is 34.5 Å². The van der Waals surface area contributed by atoms with Gasteiger partial charge < -0.3 is 42.0 Å². The van der Waals surface area contributed by atoms with Crippen LogP contribution in [0.4, 0.5) is 0 Å². The third-order valence-corrected chi connectivity index (χ3v) is 8.34. The Bertz CT molecular complexity index is 1680. The number of phenolic OH excluding ortho intramolecular Hbond substituents is 2. The smallest absolute Gasteiger partial charge is 0.326 e. The number of nitrogens with one attached hydrogen (secondary N) is 4. The molecule has 0 saturated carbocycles. The predicted octanol–water partition coefficient (Wildman–Crippen LogP) is 2.23. The number of rotatable bonds is 16. The van der Waals surface area contributed by atoms with Crippen molar-refractivity contribution in [3.8, 4) is 11.5 Å². The molecule has 4 unspecified atom stereocenters. The van der Waals surface area contributed by atoms with Crippen molar-refractivity contribution >= 4 is 46.4 Å². The number of fused-ring (bicyclic) bond motifs is 1. The minimum Gasteiger partial charge on any atom is -0.508 e. The second-order valence-corrected chi connectivity index (χ2v) is 12.2. The number of carboxylic acids is 1. The number of carbonyl (C=O) groups is 4. The molecule has 1 aromatic heterocycles. The van der Waals surface area contributed by atoms with Gasteiger partial charge in [-0.1, -0.05) is 42.5 Å². The SMILES string of the molecule is CSCCC(NC(=O)C(Cc1ccc(O)cc1)NC(=O)C(Cc1c[nH]c2ccccc12)NC(=O)C(N)Cc1ccc(O)cc1)C(=O)O. The van der Waals surface area contributed by atoms with Gasteiger partial charge in [0.1, 0.15) is 29.6 Å². The summed E-state index contributed by atoms with van der Waals surface area (Å²) in [5.74, 6) is -2.58. The molecule has 47 heavy (non-hydrogen) atoms. The molecule has 0 aliphatic heterocycles. The van der Waals surface area contributed by atoms with Crippen LogP contribution in [0.2, 0.25) is 0 Å². The molecule has 0 aliphatic carbocycles. The minimum atomic E-state index is -1.21. The molecule has 0 aliphatic rings. The van der Waals surface area contributed by atoms with Crippen LogP contribution in [0.3, 0.4) is 0 Å². The van der Waals surface area contributed by atoms with Gasteiger partial charge in [-0.05, 0) is 71.9 Å². The lowest BCUT2D eigenvalue weighted by Crippen LogP contribution is -2.58. The van der Waals surface area contributed by atoms with Gasteiger partial charge in [-0.3, -0.25) is 14.4 Å². The Balaban J connectivity index is 1.59. The number of nitrogens with two attached hydrogens (primary N) is 1. The number of amides is 3. The first-order valence-electron chi connectivity index (χ1n) is 15.0. The second kappa shape index (κ2) is 16.5. The van der Waals surface area contributed by atoms with Gasteiger partial charge in [-0.2, -0.15) is 11.8 Å². The van der Waals surface area contributed by atoms with Crippen LogP contribution >= 0.6 is 11.8 Å². The Morgan fingerprint density at radius 2 is 1.28 bits per heavy atom. The van der Waals surface area contributed by atoms with E-state index in [1.54, 1.807) is 30.5 Å². The first kappa shape index (κ1) is 34.9. The predicted molar refractivity (Wildman–Crippen MR) is 180 cm³/mol. The number of thioether (sulfide) groups is 1. The van der Waals surface area contributed by atoms with Crippen molar-refractivity contribution in [3.05, 3.63) is 95.7 Å². The molecule has 3 amide bonds. The zero-order chi connectivity index (χ0) is 33.9. The molecule has 0 bridgehead atoms. The maximum atomic E-state index is 14.0. The van der Waals surface area contributed by atoms with E-state index in [4.69, 9.17) is 5.73 Å². The Labute approximate surface area is 276 Å². The Kier molecular flexibility index (Phi) is 12.3. The van der Waals surface area contributed by atoms with Crippen LogP contribution in [0.25, 0.3) is 10.9 Å². The number of carbonyl (C=O) groups excluding carboxylic acids is 3. The number of para-hydroxylation sites is 1. The van der Waals surface area contributed by atoms with E-state index in [2.05, 4.69) is 20.9 Å². The number of H-pyrrole nitrogens is 1. The first-order chi connectivity index (χ1) is 22.5. The van der Waals surface area contributed by atoms with Gasteiger partial charge in [0.15, 0.2) is 0 Å². The van der Waals surface area contributed by atoms with Gasteiger partial charge in [0.2, 0.25) is 17.7 Å².